The summed E-state index contributed by atoms with van der Waals surface area (Å²) in [5.74, 6) is 0.916. The fourth-order valence-electron chi connectivity index (χ4n) is 3.44. The van der Waals surface area contributed by atoms with Gasteiger partial charge in [0.25, 0.3) is 0 Å². The summed E-state index contributed by atoms with van der Waals surface area (Å²) >= 11 is 0. The molecule has 0 amide bonds. The van der Waals surface area contributed by atoms with Crippen LogP contribution in [-0.2, 0) is 0 Å². The van der Waals surface area contributed by atoms with Crippen LogP contribution in [0.4, 0.5) is 0 Å². The van der Waals surface area contributed by atoms with Crippen LogP contribution in [0.15, 0.2) is 0 Å². The van der Waals surface area contributed by atoms with Gasteiger partial charge < -0.3 is 5.32 Å². The molecule has 2 heteroatoms. The van der Waals surface area contributed by atoms with E-state index < -0.39 is 0 Å². The molecule has 3 unspecified atom stereocenters. The molecule has 0 aromatic heterocycles. The van der Waals surface area contributed by atoms with Gasteiger partial charge in [-0.05, 0) is 51.6 Å². The van der Waals surface area contributed by atoms with Gasteiger partial charge in [-0.2, -0.15) is 0 Å². The second-order valence-corrected chi connectivity index (χ2v) is 6.14. The third kappa shape index (κ3) is 2.60. The molecule has 2 fully saturated rings. The van der Waals surface area contributed by atoms with E-state index in [0.717, 1.165) is 12.0 Å². The molecule has 94 valence electrons. The van der Waals surface area contributed by atoms with Crippen LogP contribution in [-0.4, -0.2) is 36.1 Å². The fourth-order valence-corrected chi connectivity index (χ4v) is 3.44. The van der Waals surface area contributed by atoms with Crippen molar-refractivity contribution >= 4 is 0 Å². The molecule has 16 heavy (non-hydrogen) atoms. The Morgan fingerprint density at radius 1 is 1.31 bits per heavy atom. The Labute approximate surface area is 101 Å². The second-order valence-electron chi connectivity index (χ2n) is 6.14. The summed E-state index contributed by atoms with van der Waals surface area (Å²) in [7, 11) is 0. The van der Waals surface area contributed by atoms with Gasteiger partial charge in [0.05, 0.1) is 0 Å². The fraction of sp³-hybridized carbons (Fsp3) is 1.00. The summed E-state index contributed by atoms with van der Waals surface area (Å²) in [6.07, 6.45) is 6.88. The first-order valence-corrected chi connectivity index (χ1v) is 7.14. The predicted molar refractivity (Wildman–Crippen MR) is 69.7 cm³/mol. The van der Waals surface area contributed by atoms with E-state index in [1.54, 1.807) is 0 Å². The highest BCUT2D eigenvalue weighted by Crippen LogP contribution is 2.31. The monoisotopic (exact) mass is 224 g/mol. The van der Waals surface area contributed by atoms with Crippen molar-refractivity contribution in [3.8, 4) is 0 Å². The quantitative estimate of drug-likeness (QED) is 0.776. The summed E-state index contributed by atoms with van der Waals surface area (Å²) in [6, 6.07) is 0.866. The van der Waals surface area contributed by atoms with Crippen LogP contribution in [0.25, 0.3) is 0 Å². The Morgan fingerprint density at radius 2 is 2.12 bits per heavy atom. The maximum atomic E-state index is 3.73. The number of hydrogen-bond acceptors (Lipinski definition) is 2. The van der Waals surface area contributed by atoms with Crippen molar-refractivity contribution in [3.63, 3.8) is 0 Å². The Hall–Kier alpha value is -0.0800. The summed E-state index contributed by atoms with van der Waals surface area (Å²) in [5.41, 5.74) is 0.346. The van der Waals surface area contributed by atoms with Gasteiger partial charge in [-0.3, -0.25) is 4.90 Å². The highest BCUT2D eigenvalue weighted by Gasteiger charge is 2.34. The van der Waals surface area contributed by atoms with Crippen LogP contribution >= 0.6 is 0 Å². The Morgan fingerprint density at radius 3 is 2.75 bits per heavy atom. The first-order chi connectivity index (χ1) is 7.64. The van der Waals surface area contributed by atoms with Crippen molar-refractivity contribution < 1.29 is 0 Å². The highest BCUT2D eigenvalue weighted by atomic mass is 15.2. The van der Waals surface area contributed by atoms with Gasteiger partial charge in [0.1, 0.15) is 0 Å². The largest absolute Gasteiger partial charge is 0.310 e. The number of rotatable bonds is 2. The van der Waals surface area contributed by atoms with Crippen LogP contribution in [0.1, 0.15) is 52.9 Å². The van der Waals surface area contributed by atoms with E-state index in [-0.39, 0.29) is 0 Å². The molecule has 1 saturated heterocycles. The molecule has 2 nitrogen and oxygen atoms in total. The van der Waals surface area contributed by atoms with Crippen molar-refractivity contribution in [2.45, 2.75) is 64.5 Å². The third-order valence-corrected chi connectivity index (χ3v) is 4.79. The van der Waals surface area contributed by atoms with Crippen LogP contribution in [0.3, 0.4) is 0 Å². The van der Waals surface area contributed by atoms with Crippen LogP contribution in [0.2, 0.25) is 0 Å². The Kier molecular flexibility index (Phi) is 3.91. The molecule has 1 aliphatic heterocycles. The predicted octanol–water partition coefficient (Wildman–Crippen LogP) is 2.64. The molecular formula is C14H28N2. The van der Waals surface area contributed by atoms with Gasteiger partial charge >= 0.3 is 0 Å². The van der Waals surface area contributed by atoms with Gasteiger partial charge in [-0.15, -0.1) is 0 Å². The molecule has 0 aromatic rings. The average molecular weight is 224 g/mol. The van der Waals surface area contributed by atoms with Crippen LogP contribution in [0, 0.1) is 5.92 Å². The van der Waals surface area contributed by atoms with Gasteiger partial charge in [-0.1, -0.05) is 20.3 Å². The zero-order valence-electron chi connectivity index (χ0n) is 11.3. The van der Waals surface area contributed by atoms with Crippen molar-refractivity contribution in [2.75, 3.05) is 19.6 Å². The normalized spacial score (nSPS) is 42.2. The smallest absolute Gasteiger partial charge is 0.0277 e. The van der Waals surface area contributed by atoms with Crippen LogP contribution in [0.5, 0.6) is 0 Å². The maximum absolute atomic E-state index is 3.73. The molecule has 1 N–H and O–H groups in total. The first kappa shape index (κ1) is 12.4. The van der Waals surface area contributed by atoms with E-state index in [0.29, 0.717) is 5.54 Å². The average Bonchev–Trinajstić information content (AvgIpc) is 2.59. The Balaban J connectivity index is 2.02. The van der Waals surface area contributed by atoms with Crippen LogP contribution < -0.4 is 5.32 Å². The molecule has 0 spiro atoms. The molecule has 0 bridgehead atoms. The number of hydrogen-bond donors (Lipinski definition) is 1. The minimum atomic E-state index is 0.346. The van der Waals surface area contributed by atoms with Crippen molar-refractivity contribution in [3.05, 3.63) is 0 Å². The van der Waals surface area contributed by atoms with E-state index in [1.807, 2.05) is 0 Å². The highest BCUT2D eigenvalue weighted by molar-refractivity contribution is 4.92. The lowest BCUT2D eigenvalue weighted by Crippen LogP contribution is -2.51. The molecule has 1 aliphatic carbocycles. The van der Waals surface area contributed by atoms with Gasteiger partial charge in [0.15, 0.2) is 0 Å². The second kappa shape index (κ2) is 5.05. The standard InChI is InChI=1S/C14H28N2/c1-4-14(3)11-16(10-6-9-15-14)13-8-5-7-12(13)2/h12-13,15H,4-11H2,1-3H3. The summed E-state index contributed by atoms with van der Waals surface area (Å²) < 4.78 is 0. The maximum Gasteiger partial charge on any atom is 0.0277 e. The lowest BCUT2D eigenvalue weighted by Gasteiger charge is -2.37. The van der Waals surface area contributed by atoms with E-state index in [4.69, 9.17) is 0 Å². The van der Waals surface area contributed by atoms with Gasteiger partial charge in [-0.25, -0.2) is 0 Å². The van der Waals surface area contributed by atoms with Gasteiger partial charge in [0, 0.05) is 18.1 Å². The third-order valence-electron chi connectivity index (χ3n) is 4.79. The molecule has 2 rings (SSSR count). The molecular weight excluding hydrogens is 196 g/mol. The minimum Gasteiger partial charge on any atom is -0.310 e. The summed E-state index contributed by atoms with van der Waals surface area (Å²) in [4.78, 5) is 2.78. The molecule has 0 aromatic carbocycles. The molecule has 3 atom stereocenters. The van der Waals surface area contributed by atoms with E-state index in [9.17, 15) is 0 Å². The number of nitrogens with zero attached hydrogens (tertiary/aromatic N) is 1. The zero-order valence-corrected chi connectivity index (χ0v) is 11.3. The van der Waals surface area contributed by atoms with Crippen molar-refractivity contribution in [1.82, 2.24) is 10.2 Å². The van der Waals surface area contributed by atoms with E-state index in [2.05, 4.69) is 31.0 Å². The molecule has 1 heterocycles. The SMILES string of the molecule is CCC1(C)CN(C2CCCC2C)CCCN1. The molecule has 1 saturated carbocycles. The van der Waals surface area contributed by atoms with Crippen molar-refractivity contribution in [2.24, 2.45) is 5.92 Å². The zero-order chi connectivity index (χ0) is 11.6. The topological polar surface area (TPSA) is 15.3 Å². The minimum absolute atomic E-state index is 0.346. The van der Waals surface area contributed by atoms with Crippen molar-refractivity contribution in [1.29, 1.82) is 0 Å². The number of nitrogens with one attached hydrogen (secondary N) is 1. The molecule has 2 aliphatic rings. The summed E-state index contributed by atoms with van der Waals surface area (Å²) in [5, 5.41) is 3.73. The van der Waals surface area contributed by atoms with E-state index >= 15 is 0 Å². The lowest BCUT2D eigenvalue weighted by molar-refractivity contribution is 0.137. The lowest BCUT2D eigenvalue weighted by atomic mass is 9.96. The molecule has 0 radical (unpaired) electrons. The Bertz CT molecular complexity index is 229. The first-order valence-electron chi connectivity index (χ1n) is 7.14. The van der Waals surface area contributed by atoms with E-state index in [1.165, 1.54) is 51.7 Å². The van der Waals surface area contributed by atoms with Gasteiger partial charge in [0.2, 0.25) is 0 Å². The summed E-state index contributed by atoms with van der Waals surface area (Å²) in [6.45, 7) is 10.9.